The number of carbonyl (C=O) groups is 3. The lowest BCUT2D eigenvalue weighted by atomic mass is 10.1. The fourth-order valence-corrected chi connectivity index (χ4v) is 4.65. The number of rotatable bonds is 30. The molecule has 8 nitrogen and oxygen atoms in total. The van der Waals surface area contributed by atoms with E-state index in [4.69, 9.17) is 14.2 Å². The number of hydrogen-bond donors (Lipinski definition) is 0. The molecule has 0 fully saturated rings. The summed E-state index contributed by atoms with van der Waals surface area (Å²) in [5.74, 6) is -1.83. The van der Waals surface area contributed by atoms with Crippen molar-refractivity contribution in [3.05, 3.63) is 60.8 Å². The van der Waals surface area contributed by atoms with Gasteiger partial charge in [0.2, 0.25) is 0 Å². The minimum Gasteiger partial charge on any atom is -0.544 e. The van der Waals surface area contributed by atoms with Crippen LogP contribution < -0.4 is 5.11 Å². The Morgan fingerprint density at radius 1 is 0.638 bits per heavy atom. The molecule has 47 heavy (non-hydrogen) atoms. The van der Waals surface area contributed by atoms with Gasteiger partial charge in [0, 0.05) is 19.3 Å². The molecule has 2 atom stereocenters. The van der Waals surface area contributed by atoms with E-state index in [1.165, 1.54) is 0 Å². The van der Waals surface area contributed by atoms with Crippen LogP contribution >= 0.6 is 0 Å². The maximum absolute atomic E-state index is 12.6. The molecule has 0 saturated carbocycles. The van der Waals surface area contributed by atoms with Crippen molar-refractivity contribution in [2.75, 3.05) is 41.0 Å². The van der Waals surface area contributed by atoms with Crippen LogP contribution in [0.15, 0.2) is 60.8 Å². The number of quaternary nitrogens is 1. The summed E-state index contributed by atoms with van der Waals surface area (Å²) in [7, 11) is 5.36. The molecule has 0 aromatic heterocycles. The van der Waals surface area contributed by atoms with Gasteiger partial charge in [0.15, 0.2) is 6.10 Å². The maximum atomic E-state index is 12.6. The van der Waals surface area contributed by atoms with Crippen molar-refractivity contribution in [3.63, 3.8) is 0 Å². The lowest BCUT2D eigenvalue weighted by Crippen LogP contribution is -2.55. The first kappa shape index (κ1) is 44.0. The highest BCUT2D eigenvalue weighted by atomic mass is 16.6. The van der Waals surface area contributed by atoms with Crippen molar-refractivity contribution in [2.24, 2.45) is 0 Å². The first-order valence-corrected chi connectivity index (χ1v) is 17.8. The van der Waals surface area contributed by atoms with Gasteiger partial charge in [0.05, 0.1) is 40.3 Å². The van der Waals surface area contributed by atoms with E-state index in [0.717, 1.165) is 77.0 Å². The highest BCUT2D eigenvalue weighted by Crippen LogP contribution is 2.11. The number of carbonyl (C=O) groups excluding carboxylic acids is 3. The predicted molar refractivity (Wildman–Crippen MR) is 189 cm³/mol. The quantitative estimate of drug-likeness (QED) is 0.0344. The molecule has 0 aliphatic heterocycles. The lowest BCUT2D eigenvalue weighted by Gasteiger charge is -2.34. The second kappa shape index (κ2) is 30.4. The summed E-state index contributed by atoms with van der Waals surface area (Å²) in [6.07, 6.45) is 34.1. The smallest absolute Gasteiger partial charge is 0.306 e. The number of esters is 2. The minimum absolute atomic E-state index is 0.0180. The van der Waals surface area contributed by atoms with E-state index < -0.39 is 18.1 Å². The van der Waals surface area contributed by atoms with E-state index >= 15 is 0 Å². The second-order valence-corrected chi connectivity index (χ2v) is 12.7. The highest BCUT2D eigenvalue weighted by Gasteiger charge is 2.25. The van der Waals surface area contributed by atoms with E-state index in [1.54, 1.807) is 21.1 Å². The van der Waals surface area contributed by atoms with Crippen LogP contribution in [0.2, 0.25) is 0 Å². The molecule has 0 rings (SSSR count). The molecule has 0 aromatic carbocycles. The van der Waals surface area contributed by atoms with Gasteiger partial charge in [-0.2, -0.15) is 0 Å². The number of carboxylic acids is 1. The van der Waals surface area contributed by atoms with Gasteiger partial charge in [-0.15, -0.1) is 0 Å². The normalized spacial score (nSPS) is 13.8. The third-order valence-electron chi connectivity index (χ3n) is 7.40. The average molecular weight is 660 g/mol. The van der Waals surface area contributed by atoms with E-state index in [2.05, 4.69) is 74.6 Å². The van der Waals surface area contributed by atoms with Crippen LogP contribution in [0.3, 0.4) is 0 Å². The third-order valence-corrected chi connectivity index (χ3v) is 7.40. The molecular formula is C39H65NO7. The van der Waals surface area contributed by atoms with E-state index in [-0.39, 0.29) is 49.1 Å². The molecule has 8 heteroatoms. The van der Waals surface area contributed by atoms with Crippen LogP contribution in [-0.2, 0) is 28.6 Å². The molecule has 0 amide bonds. The first-order valence-electron chi connectivity index (χ1n) is 17.8. The molecule has 0 spiro atoms. The molecule has 0 aliphatic rings. The molecule has 0 heterocycles. The molecule has 0 saturated heterocycles. The zero-order chi connectivity index (χ0) is 35.0. The monoisotopic (exact) mass is 659 g/mol. The van der Waals surface area contributed by atoms with Crippen molar-refractivity contribution in [3.8, 4) is 0 Å². The van der Waals surface area contributed by atoms with Gasteiger partial charge < -0.3 is 28.6 Å². The topological polar surface area (TPSA) is 102 Å². The van der Waals surface area contributed by atoms with Crippen LogP contribution in [0.1, 0.15) is 117 Å². The fraction of sp³-hybridized carbons (Fsp3) is 0.667. The Morgan fingerprint density at radius 2 is 1.13 bits per heavy atom. The average Bonchev–Trinajstić information content (AvgIpc) is 3.01. The van der Waals surface area contributed by atoms with Crippen molar-refractivity contribution < 1.29 is 38.2 Å². The molecule has 0 aliphatic carbocycles. The largest absolute Gasteiger partial charge is 0.544 e. The van der Waals surface area contributed by atoms with Crippen molar-refractivity contribution in [1.82, 2.24) is 0 Å². The molecule has 2 unspecified atom stereocenters. The molecule has 268 valence electrons. The summed E-state index contributed by atoms with van der Waals surface area (Å²) in [4.78, 5) is 36.5. The van der Waals surface area contributed by atoms with E-state index in [1.807, 2.05) is 0 Å². The molecule has 0 N–H and O–H groups in total. The predicted octanol–water partition coefficient (Wildman–Crippen LogP) is 7.35. The highest BCUT2D eigenvalue weighted by molar-refractivity contribution is 5.70. The first-order chi connectivity index (χ1) is 22.6. The summed E-state index contributed by atoms with van der Waals surface area (Å²) in [5.41, 5.74) is 0. The number of hydrogen-bond acceptors (Lipinski definition) is 7. The van der Waals surface area contributed by atoms with Crippen molar-refractivity contribution in [1.29, 1.82) is 0 Å². The second-order valence-electron chi connectivity index (χ2n) is 12.7. The number of ether oxygens (including phenoxy) is 3. The van der Waals surface area contributed by atoms with Gasteiger partial charge >= 0.3 is 11.9 Å². The van der Waals surface area contributed by atoms with E-state index in [9.17, 15) is 19.5 Å². The lowest BCUT2D eigenvalue weighted by molar-refractivity contribution is -0.889. The molecule has 0 aromatic rings. The summed E-state index contributed by atoms with van der Waals surface area (Å²) in [5, 5.41) is 11.5. The standard InChI is InChI=1S/C39H65NO7/c1-6-8-10-12-14-16-17-18-19-20-22-24-26-28-30-38(42)47-35(33-45-32-31-36(39(43)44)40(3,4)5)34-46-37(41)29-27-25-23-21-15-13-11-9-7-2/h8-11,14-16,18-19,21,35-36H,6-7,12-13,17,20,22-34H2,1-5H3/b10-8+,11-9+,16-14+,19-18+,21-15+. The summed E-state index contributed by atoms with van der Waals surface area (Å²) < 4.78 is 17.0. The number of nitrogens with zero attached hydrogens (tertiary/aromatic N) is 1. The van der Waals surface area contributed by atoms with Gasteiger partial charge in [0.25, 0.3) is 0 Å². The summed E-state index contributed by atoms with van der Waals surface area (Å²) in [6.45, 7) is 4.32. The Balaban J connectivity index is 4.54. The van der Waals surface area contributed by atoms with Gasteiger partial charge in [-0.25, -0.2) is 0 Å². The van der Waals surface area contributed by atoms with Gasteiger partial charge in [0.1, 0.15) is 12.6 Å². The number of likely N-dealkylation sites (N-methyl/N-ethyl adjacent to an activating group) is 1. The van der Waals surface area contributed by atoms with Gasteiger partial charge in [-0.05, 0) is 70.6 Å². The summed E-state index contributed by atoms with van der Waals surface area (Å²) in [6, 6.07) is -0.734. The Labute approximate surface area is 286 Å². The van der Waals surface area contributed by atoms with Gasteiger partial charge in [-0.1, -0.05) is 87.4 Å². The maximum Gasteiger partial charge on any atom is 0.306 e. The Kier molecular flexibility index (Phi) is 28.4. The van der Waals surface area contributed by atoms with Crippen LogP contribution in [-0.4, -0.2) is 75.5 Å². The third kappa shape index (κ3) is 28.9. The Bertz CT molecular complexity index is 959. The number of unbranched alkanes of at least 4 members (excludes halogenated alkanes) is 6. The Hall–Kier alpha value is -2.97. The van der Waals surface area contributed by atoms with Crippen LogP contribution in [0.5, 0.6) is 0 Å². The number of aliphatic carboxylic acids is 1. The zero-order valence-electron chi connectivity index (χ0n) is 30.2. The number of carboxylic acid groups (broad SMARTS) is 1. The van der Waals surface area contributed by atoms with E-state index in [0.29, 0.717) is 12.8 Å². The zero-order valence-corrected chi connectivity index (χ0v) is 30.2. The fourth-order valence-electron chi connectivity index (χ4n) is 4.65. The molecule has 0 radical (unpaired) electrons. The van der Waals surface area contributed by atoms with Crippen LogP contribution in [0.25, 0.3) is 0 Å². The van der Waals surface area contributed by atoms with Crippen molar-refractivity contribution >= 4 is 17.9 Å². The van der Waals surface area contributed by atoms with Crippen molar-refractivity contribution in [2.45, 2.75) is 129 Å². The summed E-state index contributed by atoms with van der Waals surface area (Å²) >= 11 is 0. The minimum atomic E-state index is -1.14. The Morgan fingerprint density at radius 3 is 1.68 bits per heavy atom. The van der Waals surface area contributed by atoms with Gasteiger partial charge in [-0.3, -0.25) is 9.59 Å². The SMILES string of the molecule is CC/C=C/C/C=C/C/C=C/CCCCCCC(=O)OC(COCCC(C(=O)[O-])[N+](C)(C)C)COC(=O)CCCC/C=C/C/C=C/CC. The van der Waals surface area contributed by atoms with Crippen LogP contribution in [0, 0.1) is 0 Å². The number of allylic oxidation sites excluding steroid dienone is 10. The molecule has 0 bridgehead atoms. The van der Waals surface area contributed by atoms with Crippen LogP contribution in [0.4, 0.5) is 0 Å². The molecular weight excluding hydrogens is 594 g/mol.